The maximum atomic E-state index is 13.7. The standard InChI is InChI=1S/C29H29ClN4O6/c1-32(16-24(36)25-3-2-10-40-25)14-19-11-21-27-23(12-19)34(8-9-35)26(37)17-33(27)15-22(28(21)38)29(39)31-13-18-4-6-20(30)7-5-18/h2-7,10-12,15,24,35-36H,8-9,13-14,16-17H2,1H3,(H,31,39)/t24-/m1/s1. The molecule has 0 aliphatic carbocycles. The molecule has 10 nitrogen and oxygen atoms in total. The first kappa shape index (κ1) is 27.6. The van der Waals surface area contributed by atoms with Crippen molar-refractivity contribution in [2.24, 2.45) is 0 Å². The maximum absolute atomic E-state index is 13.7. The first-order valence-electron chi connectivity index (χ1n) is 12.8. The molecular formula is C29H29ClN4O6. The van der Waals surface area contributed by atoms with Gasteiger partial charge in [0.25, 0.3) is 5.91 Å². The minimum atomic E-state index is -0.848. The second-order valence-electron chi connectivity index (χ2n) is 9.82. The van der Waals surface area contributed by atoms with E-state index < -0.39 is 17.4 Å². The molecule has 11 heteroatoms. The Bertz CT molecular complexity index is 1600. The van der Waals surface area contributed by atoms with Gasteiger partial charge in [-0.25, -0.2) is 0 Å². The van der Waals surface area contributed by atoms with Crippen molar-refractivity contribution >= 4 is 40.0 Å². The van der Waals surface area contributed by atoms with Gasteiger partial charge in [0.2, 0.25) is 11.3 Å². The molecule has 2 aromatic heterocycles. The van der Waals surface area contributed by atoms with Gasteiger partial charge in [-0.05, 0) is 54.6 Å². The topological polar surface area (TPSA) is 128 Å². The lowest BCUT2D eigenvalue weighted by Crippen LogP contribution is -2.41. The average molecular weight is 565 g/mol. The molecule has 0 saturated heterocycles. The van der Waals surface area contributed by atoms with Gasteiger partial charge in [0.1, 0.15) is 24.0 Å². The molecule has 0 spiro atoms. The van der Waals surface area contributed by atoms with Crippen LogP contribution in [0.2, 0.25) is 5.02 Å². The number of aliphatic hydroxyl groups excluding tert-OH is 2. The van der Waals surface area contributed by atoms with Gasteiger partial charge in [-0.2, -0.15) is 0 Å². The summed E-state index contributed by atoms with van der Waals surface area (Å²) in [5, 5.41) is 23.8. The van der Waals surface area contributed by atoms with Crippen molar-refractivity contribution in [3.05, 3.63) is 98.7 Å². The third-order valence-electron chi connectivity index (χ3n) is 6.85. The number of amides is 2. The minimum absolute atomic E-state index is 0.0714. The quantitative estimate of drug-likeness (QED) is 0.270. The number of aromatic nitrogens is 1. The van der Waals surface area contributed by atoms with E-state index in [2.05, 4.69) is 5.32 Å². The molecule has 1 aliphatic heterocycles. The summed E-state index contributed by atoms with van der Waals surface area (Å²) in [5.74, 6) is -0.378. The fourth-order valence-corrected chi connectivity index (χ4v) is 5.12. The molecule has 0 saturated carbocycles. The van der Waals surface area contributed by atoms with Crippen LogP contribution in [0.3, 0.4) is 0 Å². The van der Waals surface area contributed by atoms with Crippen LogP contribution in [-0.4, -0.2) is 58.2 Å². The summed E-state index contributed by atoms with van der Waals surface area (Å²) in [4.78, 5) is 43.2. The van der Waals surface area contributed by atoms with Gasteiger partial charge in [-0.1, -0.05) is 23.7 Å². The molecule has 1 atom stereocenters. The highest BCUT2D eigenvalue weighted by Gasteiger charge is 2.29. The van der Waals surface area contributed by atoms with Gasteiger partial charge >= 0.3 is 0 Å². The van der Waals surface area contributed by atoms with E-state index in [1.807, 2.05) is 11.9 Å². The number of pyridine rings is 1. The number of nitrogens with zero attached hydrogens (tertiary/aromatic N) is 3. The maximum Gasteiger partial charge on any atom is 0.257 e. The molecule has 3 N–H and O–H groups in total. The highest BCUT2D eigenvalue weighted by Crippen LogP contribution is 2.32. The average Bonchev–Trinajstić information content (AvgIpc) is 3.47. The summed E-state index contributed by atoms with van der Waals surface area (Å²) in [6.45, 7) is 0.552. The normalized spacial score (nSPS) is 13.7. The van der Waals surface area contributed by atoms with E-state index in [0.717, 1.165) is 5.56 Å². The Morgan fingerprint density at radius 1 is 1.18 bits per heavy atom. The molecule has 1 aliphatic rings. The molecule has 0 radical (unpaired) electrons. The number of halogens is 1. The van der Waals surface area contributed by atoms with Gasteiger partial charge < -0.3 is 29.4 Å². The summed E-state index contributed by atoms with van der Waals surface area (Å²) in [7, 11) is 1.82. The zero-order valence-corrected chi connectivity index (χ0v) is 22.6. The molecule has 5 rings (SSSR count). The van der Waals surface area contributed by atoms with Crippen molar-refractivity contribution in [3.8, 4) is 0 Å². The molecule has 0 fully saturated rings. The van der Waals surface area contributed by atoms with Crippen LogP contribution in [-0.2, 0) is 24.4 Å². The number of carbonyl (C=O) groups excluding carboxylic acids is 2. The zero-order valence-electron chi connectivity index (χ0n) is 21.8. The zero-order chi connectivity index (χ0) is 28.4. The number of carbonyl (C=O) groups is 2. The van der Waals surface area contributed by atoms with E-state index >= 15 is 0 Å². The Labute approximate surface area is 235 Å². The summed E-state index contributed by atoms with van der Waals surface area (Å²) >= 11 is 5.94. The number of nitrogens with one attached hydrogen (secondary N) is 1. The van der Waals surface area contributed by atoms with Crippen LogP contribution in [0.5, 0.6) is 0 Å². The van der Waals surface area contributed by atoms with Gasteiger partial charge in [0, 0.05) is 42.8 Å². The Hall–Kier alpha value is -3.96. The molecule has 0 bridgehead atoms. The first-order valence-corrected chi connectivity index (χ1v) is 13.2. The molecule has 4 aromatic rings. The van der Waals surface area contributed by atoms with Crippen LogP contribution in [0.15, 0.2) is 70.2 Å². The Balaban J connectivity index is 1.50. The van der Waals surface area contributed by atoms with E-state index in [-0.39, 0.29) is 44.3 Å². The van der Waals surface area contributed by atoms with Crippen LogP contribution >= 0.6 is 11.6 Å². The van der Waals surface area contributed by atoms with Crippen molar-refractivity contribution in [3.63, 3.8) is 0 Å². The molecular weight excluding hydrogens is 536 g/mol. The molecule has 0 unspecified atom stereocenters. The number of hydrogen-bond acceptors (Lipinski definition) is 7. The van der Waals surface area contributed by atoms with Gasteiger partial charge in [0.15, 0.2) is 0 Å². The van der Waals surface area contributed by atoms with Crippen LogP contribution in [0.4, 0.5) is 5.69 Å². The second-order valence-corrected chi connectivity index (χ2v) is 10.3. The van der Waals surface area contributed by atoms with Crippen LogP contribution < -0.4 is 15.6 Å². The number of likely N-dealkylation sites (N-methyl/N-ethyl adjacent to an activating group) is 1. The molecule has 208 valence electrons. The lowest BCUT2D eigenvalue weighted by Gasteiger charge is -2.31. The second kappa shape index (κ2) is 11.6. The fourth-order valence-electron chi connectivity index (χ4n) is 4.99. The summed E-state index contributed by atoms with van der Waals surface area (Å²) in [6, 6.07) is 13.9. The van der Waals surface area contributed by atoms with Gasteiger partial charge in [-0.3, -0.25) is 19.3 Å². The van der Waals surface area contributed by atoms with Gasteiger partial charge in [-0.15, -0.1) is 0 Å². The molecule has 2 amide bonds. The first-order chi connectivity index (χ1) is 19.2. The molecule has 40 heavy (non-hydrogen) atoms. The van der Waals surface area contributed by atoms with Crippen LogP contribution in [0.1, 0.15) is 33.3 Å². The van der Waals surface area contributed by atoms with E-state index in [1.54, 1.807) is 53.1 Å². The monoisotopic (exact) mass is 564 g/mol. The van der Waals surface area contributed by atoms with Crippen molar-refractivity contribution < 1.29 is 24.2 Å². The van der Waals surface area contributed by atoms with Crippen molar-refractivity contribution in [1.82, 2.24) is 14.8 Å². The Kier molecular flexibility index (Phi) is 8.04. The number of β-amino-alcohol motifs (C(OH)–C–C–N with tert-alkyl or cyclic N) is 1. The van der Waals surface area contributed by atoms with Crippen molar-refractivity contribution in [2.75, 3.05) is 31.6 Å². The molecule has 3 heterocycles. The van der Waals surface area contributed by atoms with Crippen LogP contribution in [0.25, 0.3) is 10.9 Å². The number of benzene rings is 2. The van der Waals surface area contributed by atoms with Gasteiger partial charge in [0.05, 0.1) is 24.1 Å². The number of rotatable bonds is 10. The predicted molar refractivity (Wildman–Crippen MR) is 150 cm³/mol. The summed E-state index contributed by atoms with van der Waals surface area (Å²) in [5.41, 5.74) is 2.00. The fraction of sp³-hybridized carbons (Fsp3) is 0.276. The highest BCUT2D eigenvalue weighted by atomic mass is 35.5. The third-order valence-corrected chi connectivity index (χ3v) is 7.10. The van der Waals surface area contributed by atoms with E-state index in [4.69, 9.17) is 16.0 Å². The van der Waals surface area contributed by atoms with E-state index in [1.165, 1.54) is 17.4 Å². The SMILES string of the molecule is CN(Cc1cc2c3c(c1)c(=O)c(C(=O)NCc1ccc(Cl)cc1)cn3CC(=O)N2CCO)C[C@@H](O)c1ccco1. The lowest BCUT2D eigenvalue weighted by molar-refractivity contribution is -0.119. The van der Waals surface area contributed by atoms with Crippen LogP contribution in [0, 0.1) is 0 Å². The highest BCUT2D eigenvalue weighted by molar-refractivity contribution is 6.30. The minimum Gasteiger partial charge on any atom is -0.467 e. The largest absolute Gasteiger partial charge is 0.467 e. The summed E-state index contributed by atoms with van der Waals surface area (Å²) < 4.78 is 6.91. The van der Waals surface area contributed by atoms with Crippen molar-refractivity contribution in [1.29, 1.82) is 0 Å². The summed E-state index contributed by atoms with van der Waals surface area (Å²) in [6.07, 6.45) is 2.07. The lowest BCUT2D eigenvalue weighted by atomic mass is 10.0. The van der Waals surface area contributed by atoms with E-state index in [9.17, 15) is 24.6 Å². The smallest absolute Gasteiger partial charge is 0.257 e. The Morgan fingerprint density at radius 3 is 2.65 bits per heavy atom. The molecule has 2 aromatic carbocycles. The number of hydrogen-bond donors (Lipinski definition) is 3. The van der Waals surface area contributed by atoms with E-state index in [0.29, 0.717) is 39.5 Å². The van der Waals surface area contributed by atoms with Crippen molar-refractivity contribution in [2.45, 2.75) is 25.7 Å². The number of anilines is 1. The predicted octanol–water partition coefficient (Wildman–Crippen LogP) is 2.68. The Morgan fingerprint density at radius 2 is 1.95 bits per heavy atom. The number of furan rings is 1. The third kappa shape index (κ3) is 5.66. The number of aliphatic hydroxyl groups is 2.